The van der Waals surface area contributed by atoms with Gasteiger partial charge in [0.05, 0.1) is 6.61 Å². The number of benzene rings is 2. The summed E-state index contributed by atoms with van der Waals surface area (Å²) in [4.78, 5) is 11.5. The van der Waals surface area contributed by atoms with E-state index in [1.165, 1.54) is 11.1 Å². The molecule has 0 bridgehead atoms. The molecular weight excluding hydrogens is 418 g/mol. The van der Waals surface area contributed by atoms with Gasteiger partial charge in [0.25, 0.3) is 0 Å². The number of carbonyl (C=O) groups is 1. The molecule has 7 heteroatoms. The molecule has 6 nitrogen and oxygen atoms in total. The highest BCUT2D eigenvalue weighted by molar-refractivity contribution is 5.85. The molecule has 0 saturated carbocycles. The van der Waals surface area contributed by atoms with E-state index in [2.05, 4.69) is 11.4 Å². The van der Waals surface area contributed by atoms with E-state index in [4.69, 9.17) is 14.2 Å². The molecule has 0 spiro atoms. The molecule has 0 fully saturated rings. The van der Waals surface area contributed by atoms with Crippen LogP contribution in [0, 0.1) is 0 Å². The number of aliphatic hydroxyl groups is 1. The fourth-order valence-electron chi connectivity index (χ4n) is 3.62. The fourth-order valence-corrected chi connectivity index (χ4v) is 3.62. The van der Waals surface area contributed by atoms with Crippen molar-refractivity contribution in [3.63, 3.8) is 0 Å². The number of aryl methyl sites for hydroxylation is 1. The molecule has 0 aliphatic heterocycles. The van der Waals surface area contributed by atoms with Crippen LogP contribution in [0.4, 0.5) is 0 Å². The average Bonchev–Trinajstić information content (AvgIpc) is 2.97. The third-order valence-corrected chi connectivity index (χ3v) is 5.13. The summed E-state index contributed by atoms with van der Waals surface area (Å²) in [5, 5.41) is 13.7. The van der Waals surface area contributed by atoms with E-state index < -0.39 is 6.10 Å². The molecule has 0 saturated heterocycles. The molecule has 1 aliphatic rings. The lowest BCUT2D eigenvalue weighted by atomic mass is 10.0. The lowest BCUT2D eigenvalue weighted by Crippen LogP contribution is -2.39. The lowest BCUT2D eigenvalue weighted by molar-refractivity contribution is -0.145. The van der Waals surface area contributed by atoms with E-state index in [0.29, 0.717) is 18.9 Å². The van der Waals surface area contributed by atoms with Crippen molar-refractivity contribution in [2.75, 3.05) is 26.4 Å². The van der Waals surface area contributed by atoms with Crippen LogP contribution < -0.4 is 14.8 Å². The van der Waals surface area contributed by atoms with Crippen LogP contribution in [0.1, 0.15) is 30.9 Å². The number of ether oxygens (including phenoxy) is 3. The third-order valence-electron chi connectivity index (χ3n) is 5.13. The number of hydrogen-bond acceptors (Lipinski definition) is 6. The van der Waals surface area contributed by atoms with Crippen LogP contribution in [0.5, 0.6) is 11.5 Å². The largest absolute Gasteiger partial charge is 0.491 e. The zero-order chi connectivity index (χ0) is 21.2. The standard InChI is InChI=1S/C24H31NO5.ClH/c1-2-28-24(27)17-30-23-12-11-18-7-6-8-20(13-19(18)14-23)25-15-21(26)16-29-22-9-4-3-5-10-22;/h3-5,9-12,14,20-21,25-26H,2,6-8,13,15-17H2,1H3;1H/t20-,21+;/m1./s1. The van der Waals surface area contributed by atoms with E-state index in [1.807, 2.05) is 42.5 Å². The number of rotatable bonds is 10. The Bertz CT molecular complexity index is 802. The second-order valence-corrected chi connectivity index (χ2v) is 7.50. The molecule has 0 radical (unpaired) electrons. The molecule has 2 aromatic carbocycles. The minimum Gasteiger partial charge on any atom is -0.491 e. The Morgan fingerprint density at radius 1 is 1.13 bits per heavy atom. The van der Waals surface area contributed by atoms with Crippen LogP contribution in [-0.2, 0) is 22.4 Å². The third kappa shape index (κ3) is 8.40. The summed E-state index contributed by atoms with van der Waals surface area (Å²) in [6, 6.07) is 15.8. The minimum absolute atomic E-state index is 0. The van der Waals surface area contributed by atoms with E-state index >= 15 is 0 Å². The highest BCUT2D eigenvalue weighted by atomic mass is 35.5. The van der Waals surface area contributed by atoms with Crippen LogP contribution >= 0.6 is 12.4 Å². The number of hydrogen-bond donors (Lipinski definition) is 2. The molecule has 170 valence electrons. The van der Waals surface area contributed by atoms with Gasteiger partial charge in [-0.1, -0.05) is 24.3 Å². The van der Waals surface area contributed by atoms with Crippen molar-refractivity contribution in [3.05, 3.63) is 59.7 Å². The van der Waals surface area contributed by atoms with Gasteiger partial charge in [0.1, 0.15) is 24.2 Å². The zero-order valence-corrected chi connectivity index (χ0v) is 18.7. The summed E-state index contributed by atoms with van der Waals surface area (Å²) < 4.78 is 16.1. The second-order valence-electron chi connectivity index (χ2n) is 7.50. The van der Waals surface area contributed by atoms with Gasteiger partial charge in [0.15, 0.2) is 6.61 Å². The van der Waals surface area contributed by atoms with Crippen molar-refractivity contribution in [2.45, 2.75) is 44.8 Å². The van der Waals surface area contributed by atoms with Gasteiger partial charge in [-0.3, -0.25) is 0 Å². The molecule has 31 heavy (non-hydrogen) atoms. The van der Waals surface area contributed by atoms with Gasteiger partial charge in [-0.25, -0.2) is 4.79 Å². The highest BCUT2D eigenvalue weighted by Crippen LogP contribution is 2.25. The van der Waals surface area contributed by atoms with Gasteiger partial charge in [0, 0.05) is 12.6 Å². The van der Waals surface area contributed by atoms with E-state index in [-0.39, 0.29) is 37.6 Å². The number of halogens is 1. The second kappa shape index (κ2) is 13.2. The maximum absolute atomic E-state index is 11.5. The van der Waals surface area contributed by atoms with Crippen LogP contribution in [-0.4, -0.2) is 49.6 Å². The van der Waals surface area contributed by atoms with Crippen molar-refractivity contribution in [3.8, 4) is 11.5 Å². The number of nitrogens with one attached hydrogen (secondary N) is 1. The molecular formula is C24H32ClNO5. The maximum Gasteiger partial charge on any atom is 0.344 e. The minimum atomic E-state index is -0.577. The molecule has 3 rings (SSSR count). The van der Waals surface area contributed by atoms with Crippen molar-refractivity contribution in [1.29, 1.82) is 0 Å². The molecule has 2 aromatic rings. The van der Waals surface area contributed by atoms with E-state index in [0.717, 1.165) is 31.4 Å². The molecule has 1 aliphatic carbocycles. The number of para-hydroxylation sites is 1. The fraction of sp³-hybridized carbons (Fsp3) is 0.458. The Kier molecular flexibility index (Phi) is 10.6. The summed E-state index contributed by atoms with van der Waals surface area (Å²) in [7, 11) is 0. The Morgan fingerprint density at radius 3 is 2.71 bits per heavy atom. The Balaban J connectivity index is 0.00000341. The van der Waals surface area contributed by atoms with Crippen LogP contribution in [0.25, 0.3) is 0 Å². The normalized spacial score (nSPS) is 16.3. The lowest BCUT2D eigenvalue weighted by Gasteiger charge is -2.20. The molecule has 2 atom stereocenters. The predicted octanol–water partition coefficient (Wildman–Crippen LogP) is 3.33. The first-order chi connectivity index (χ1) is 14.6. The summed E-state index contributed by atoms with van der Waals surface area (Å²) in [6.45, 7) is 2.78. The van der Waals surface area contributed by atoms with Gasteiger partial charge in [-0.2, -0.15) is 0 Å². The quantitative estimate of drug-likeness (QED) is 0.428. The van der Waals surface area contributed by atoms with Crippen LogP contribution in [0.3, 0.4) is 0 Å². The van der Waals surface area contributed by atoms with E-state index in [1.54, 1.807) is 6.92 Å². The van der Waals surface area contributed by atoms with E-state index in [9.17, 15) is 9.90 Å². The maximum atomic E-state index is 11.5. The van der Waals surface area contributed by atoms with Gasteiger partial charge < -0.3 is 24.6 Å². The van der Waals surface area contributed by atoms with Gasteiger partial charge in [-0.15, -0.1) is 12.4 Å². The predicted molar refractivity (Wildman–Crippen MR) is 122 cm³/mol. The summed E-state index contributed by atoms with van der Waals surface area (Å²) in [5.41, 5.74) is 2.54. The topological polar surface area (TPSA) is 77.0 Å². The average molecular weight is 450 g/mol. The summed E-state index contributed by atoms with van der Waals surface area (Å²) >= 11 is 0. The first-order valence-electron chi connectivity index (χ1n) is 10.6. The van der Waals surface area contributed by atoms with Crippen LogP contribution in [0.2, 0.25) is 0 Å². The van der Waals surface area contributed by atoms with Crippen LogP contribution in [0.15, 0.2) is 48.5 Å². The highest BCUT2D eigenvalue weighted by Gasteiger charge is 2.18. The first-order valence-corrected chi connectivity index (χ1v) is 10.6. The Labute approximate surface area is 190 Å². The van der Waals surface area contributed by atoms with Gasteiger partial charge in [-0.05, 0) is 68.0 Å². The first kappa shape index (κ1) is 25.0. The molecule has 0 heterocycles. The number of aliphatic hydroxyl groups excluding tert-OH is 1. The number of esters is 1. The van der Waals surface area contributed by atoms with Crippen molar-refractivity contribution >= 4 is 18.4 Å². The Hall–Kier alpha value is -2.28. The van der Waals surface area contributed by atoms with Crippen molar-refractivity contribution in [2.24, 2.45) is 0 Å². The summed E-state index contributed by atoms with van der Waals surface area (Å²) in [5.74, 6) is 1.08. The molecule has 0 amide bonds. The molecule has 0 aromatic heterocycles. The van der Waals surface area contributed by atoms with Gasteiger partial charge >= 0.3 is 5.97 Å². The summed E-state index contributed by atoms with van der Waals surface area (Å²) in [6.07, 6.45) is 3.43. The zero-order valence-electron chi connectivity index (χ0n) is 17.9. The monoisotopic (exact) mass is 449 g/mol. The molecule has 2 N–H and O–H groups in total. The number of carbonyl (C=O) groups excluding carboxylic acids is 1. The van der Waals surface area contributed by atoms with Crippen molar-refractivity contribution < 1.29 is 24.1 Å². The SMILES string of the molecule is CCOC(=O)COc1ccc2c(c1)C[C@H](NC[C@H](O)COc1ccccc1)CCC2.Cl. The molecule has 0 unspecified atom stereocenters. The number of fused-ring (bicyclic) bond motifs is 1. The Morgan fingerprint density at radius 2 is 1.94 bits per heavy atom. The van der Waals surface area contributed by atoms with Crippen molar-refractivity contribution in [1.82, 2.24) is 5.32 Å². The van der Waals surface area contributed by atoms with Gasteiger partial charge in [0.2, 0.25) is 0 Å². The smallest absolute Gasteiger partial charge is 0.344 e.